The zero-order valence-corrected chi connectivity index (χ0v) is 11.5. The molecule has 7 heteroatoms. The summed E-state index contributed by atoms with van der Waals surface area (Å²) in [6.07, 6.45) is 5.21. The van der Waals surface area contributed by atoms with Crippen LogP contribution in [0.25, 0.3) is 31.6 Å². The molecule has 0 fully saturated rings. The Kier molecular flexibility index (Phi) is 2.48. The minimum absolute atomic E-state index is 0.105. The molecule has 0 unspecified atom stereocenters. The van der Waals surface area contributed by atoms with Crippen molar-refractivity contribution in [1.82, 2.24) is 19.9 Å². The van der Waals surface area contributed by atoms with Gasteiger partial charge in [0, 0.05) is 29.5 Å². The lowest BCUT2D eigenvalue weighted by Crippen LogP contribution is -2.09. The average molecular weight is 295 g/mol. The van der Waals surface area contributed by atoms with Gasteiger partial charge in [0.1, 0.15) is 15.0 Å². The van der Waals surface area contributed by atoms with E-state index in [4.69, 9.17) is 5.73 Å². The Morgan fingerprint density at radius 2 is 2.14 bits per heavy atom. The second kappa shape index (κ2) is 4.35. The lowest BCUT2D eigenvalue weighted by atomic mass is 10.1. The number of fused-ring (bicyclic) bond motifs is 3. The topological polar surface area (TPSA) is 97.5 Å². The van der Waals surface area contributed by atoms with Gasteiger partial charge < -0.3 is 5.73 Å². The van der Waals surface area contributed by atoms with E-state index in [9.17, 15) is 4.79 Å². The van der Waals surface area contributed by atoms with Crippen LogP contribution in [0.2, 0.25) is 0 Å². The molecule has 4 heterocycles. The maximum atomic E-state index is 12.0. The van der Waals surface area contributed by atoms with E-state index in [-0.39, 0.29) is 11.5 Å². The molecule has 0 aliphatic heterocycles. The third kappa shape index (κ3) is 1.78. The normalized spacial score (nSPS) is 11.2. The summed E-state index contributed by atoms with van der Waals surface area (Å²) in [6.45, 7) is 0. The second-order valence-corrected chi connectivity index (χ2v) is 5.51. The van der Waals surface area contributed by atoms with Crippen LogP contribution >= 0.6 is 11.3 Å². The number of nitrogens with one attached hydrogen (secondary N) is 1. The fourth-order valence-electron chi connectivity index (χ4n) is 2.35. The molecule has 0 saturated heterocycles. The number of pyridine rings is 2. The zero-order valence-electron chi connectivity index (χ0n) is 10.7. The number of aromatic nitrogens is 4. The lowest BCUT2D eigenvalue weighted by molar-refractivity contribution is 1.20. The highest BCUT2D eigenvalue weighted by Gasteiger charge is 2.15. The number of nitrogens with zero attached hydrogens (tertiary/aromatic N) is 3. The van der Waals surface area contributed by atoms with Crippen molar-refractivity contribution in [3.63, 3.8) is 0 Å². The van der Waals surface area contributed by atoms with E-state index in [0.717, 1.165) is 21.3 Å². The predicted octanol–water partition coefficient (Wildman–Crippen LogP) is 2.18. The fraction of sp³-hybridized carbons (Fsp3) is 0. The maximum absolute atomic E-state index is 12.0. The van der Waals surface area contributed by atoms with Crippen LogP contribution in [0.4, 0.5) is 5.95 Å². The maximum Gasteiger partial charge on any atom is 0.270 e. The highest BCUT2D eigenvalue weighted by atomic mass is 32.1. The van der Waals surface area contributed by atoms with Crippen LogP contribution in [-0.4, -0.2) is 19.9 Å². The van der Waals surface area contributed by atoms with Crippen molar-refractivity contribution in [2.24, 2.45) is 0 Å². The fourth-order valence-corrected chi connectivity index (χ4v) is 3.36. The molecular formula is C14H9N5OS. The molecule has 0 amide bonds. The van der Waals surface area contributed by atoms with Crippen molar-refractivity contribution in [3.8, 4) is 11.1 Å². The third-order valence-corrected chi connectivity index (χ3v) is 4.31. The summed E-state index contributed by atoms with van der Waals surface area (Å²) in [5, 5.41) is 0.836. The number of hydrogen-bond donors (Lipinski definition) is 2. The Bertz CT molecular complexity index is 1020. The van der Waals surface area contributed by atoms with Gasteiger partial charge >= 0.3 is 0 Å². The van der Waals surface area contributed by atoms with E-state index in [1.54, 1.807) is 18.6 Å². The largest absolute Gasteiger partial charge is 0.369 e. The summed E-state index contributed by atoms with van der Waals surface area (Å²) in [6, 6.07) is 5.72. The number of thiophene rings is 1. The Morgan fingerprint density at radius 1 is 1.24 bits per heavy atom. The summed E-state index contributed by atoms with van der Waals surface area (Å²) < 4.78 is 0.531. The van der Waals surface area contributed by atoms with Crippen LogP contribution in [0.3, 0.4) is 0 Å². The number of aromatic amines is 1. The SMILES string of the molecule is Nc1nc2c(sc3nccc(-c4cccnc4)c32)c(=O)[nH]1. The van der Waals surface area contributed by atoms with E-state index >= 15 is 0 Å². The summed E-state index contributed by atoms with van der Waals surface area (Å²) in [4.78, 5) is 28.0. The van der Waals surface area contributed by atoms with Gasteiger partial charge in [0.25, 0.3) is 5.56 Å². The molecule has 21 heavy (non-hydrogen) atoms. The monoisotopic (exact) mass is 295 g/mol. The van der Waals surface area contributed by atoms with Crippen molar-refractivity contribution in [3.05, 3.63) is 47.1 Å². The van der Waals surface area contributed by atoms with E-state index in [2.05, 4.69) is 19.9 Å². The molecule has 4 aromatic heterocycles. The molecule has 0 saturated carbocycles. The second-order valence-electron chi connectivity index (χ2n) is 4.51. The van der Waals surface area contributed by atoms with Crippen molar-refractivity contribution >= 4 is 37.7 Å². The quantitative estimate of drug-likeness (QED) is 0.561. The minimum Gasteiger partial charge on any atom is -0.369 e. The van der Waals surface area contributed by atoms with Crippen LogP contribution in [-0.2, 0) is 0 Å². The predicted molar refractivity (Wildman–Crippen MR) is 83.2 cm³/mol. The minimum atomic E-state index is -0.238. The van der Waals surface area contributed by atoms with Crippen molar-refractivity contribution in [2.75, 3.05) is 5.73 Å². The first-order valence-electron chi connectivity index (χ1n) is 6.21. The number of anilines is 1. The Morgan fingerprint density at radius 3 is 2.95 bits per heavy atom. The first-order valence-corrected chi connectivity index (χ1v) is 7.03. The molecule has 0 aliphatic carbocycles. The smallest absolute Gasteiger partial charge is 0.270 e. The number of H-pyrrole nitrogens is 1. The zero-order chi connectivity index (χ0) is 14.4. The van der Waals surface area contributed by atoms with Crippen LogP contribution in [0, 0.1) is 0 Å². The summed E-state index contributed by atoms with van der Waals surface area (Å²) in [5.74, 6) is 0.105. The highest BCUT2D eigenvalue weighted by molar-refractivity contribution is 7.25. The molecule has 0 aliphatic rings. The van der Waals surface area contributed by atoms with Gasteiger partial charge in [-0.15, -0.1) is 11.3 Å². The van der Waals surface area contributed by atoms with Crippen LogP contribution in [0.5, 0.6) is 0 Å². The van der Waals surface area contributed by atoms with E-state index in [1.165, 1.54) is 11.3 Å². The first-order chi connectivity index (χ1) is 10.2. The van der Waals surface area contributed by atoms with Gasteiger partial charge in [0.05, 0.1) is 0 Å². The molecule has 6 nitrogen and oxygen atoms in total. The third-order valence-electron chi connectivity index (χ3n) is 3.22. The number of nitrogens with two attached hydrogens (primary N) is 1. The van der Waals surface area contributed by atoms with Crippen molar-refractivity contribution < 1.29 is 0 Å². The Hall–Kier alpha value is -2.80. The number of hydrogen-bond acceptors (Lipinski definition) is 6. The molecule has 0 radical (unpaired) electrons. The molecule has 3 N–H and O–H groups in total. The molecule has 0 spiro atoms. The highest BCUT2D eigenvalue weighted by Crippen LogP contribution is 2.36. The van der Waals surface area contributed by atoms with Gasteiger partial charge in [-0.25, -0.2) is 9.97 Å². The van der Waals surface area contributed by atoms with Crippen molar-refractivity contribution in [1.29, 1.82) is 0 Å². The van der Waals surface area contributed by atoms with Crippen LogP contribution in [0.15, 0.2) is 41.6 Å². The standard InChI is InChI=1S/C14H9N5OS/c15-14-18-10-9-8(7-2-1-4-16-6-7)3-5-17-13(9)21-11(10)12(20)19-14/h1-6H,(H3,15,18,19,20). The van der Waals surface area contributed by atoms with Crippen molar-refractivity contribution in [2.45, 2.75) is 0 Å². The molecule has 102 valence electrons. The van der Waals surface area contributed by atoms with Gasteiger partial charge in [0.2, 0.25) is 5.95 Å². The van der Waals surface area contributed by atoms with Gasteiger partial charge in [0.15, 0.2) is 0 Å². The molecule has 4 rings (SSSR count). The first kappa shape index (κ1) is 12.0. The van der Waals surface area contributed by atoms with E-state index < -0.39 is 0 Å². The summed E-state index contributed by atoms with van der Waals surface area (Å²) in [7, 11) is 0. The number of nitrogen functional groups attached to an aromatic ring is 1. The number of rotatable bonds is 1. The lowest BCUT2D eigenvalue weighted by Gasteiger charge is -2.02. The van der Waals surface area contributed by atoms with E-state index in [0.29, 0.717) is 10.2 Å². The van der Waals surface area contributed by atoms with Crippen LogP contribution < -0.4 is 11.3 Å². The molecule has 4 aromatic rings. The van der Waals surface area contributed by atoms with Gasteiger partial charge in [-0.2, -0.15) is 0 Å². The summed E-state index contributed by atoms with van der Waals surface area (Å²) in [5.41, 5.74) is 7.91. The Labute approximate surface area is 122 Å². The molecule has 0 aromatic carbocycles. The molecular weight excluding hydrogens is 286 g/mol. The molecule has 0 atom stereocenters. The van der Waals surface area contributed by atoms with Gasteiger partial charge in [-0.3, -0.25) is 14.8 Å². The van der Waals surface area contributed by atoms with Gasteiger partial charge in [-0.05, 0) is 17.7 Å². The van der Waals surface area contributed by atoms with Gasteiger partial charge in [-0.1, -0.05) is 6.07 Å². The molecule has 0 bridgehead atoms. The average Bonchev–Trinajstić information content (AvgIpc) is 2.87. The van der Waals surface area contributed by atoms with Crippen LogP contribution in [0.1, 0.15) is 0 Å². The summed E-state index contributed by atoms with van der Waals surface area (Å²) >= 11 is 1.31. The van der Waals surface area contributed by atoms with E-state index in [1.807, 2.05) is 18.2 Å². The Balaban J connectivity index is 2.21.